The monoisotopic (exact) mass is 386 g/mol. The van der Waals surface area contributed by atoms with Crippen molar-refractivity contribution in [3.8, 4) is 0 Å². The first-order valence-corrected chi connectivity index (χ1v) is 9.41. The molecule has 3 N–H and O–H groups in total. The number of piperazine rings is 1. The van der Waals surface area contributed by atoms with Gasteiger partial charge in [-0.3, -0.25) is 14.5 Å². The van der Waals surface area contributed by atoms with E-state index >= 15 is 0 Å². The van der Waals surface area contributed by atoms with Crippen LogP contribution in [0.2, 0.25) is 0 Å². The molecule has 1 aromatic rings. The van der Waals surface area contributed by atoms with Crippen LogP contribution in [0.1, 0.15) is 40.9 Å². The first kappa shape index (κ1) is 19.9. The minimum absolute atomic E-state index is 0.114. The maximum absolute atomic E-state index is 13.4. The van der Waals surface area contributed by atoms with Gasteiger partial charge in [-0.1, -0.05) is 6.42 Å². The van der Waals surface area contributed by atoms with Crippen molar-refractivity contribution in [2.45, 2.75) is 44.3 Å². The van der Waals surface area contributed by atoms with Gasteiger partial charge in [-0.2, -0.15) is 13.2 Å². The van der Waals surface area contributed by atoms with E-state index in [1.165, 1.54) is 4.90 Å². The first-order valence-electron chi connectivity index (χ1n) is 9.41. The van der Waals surface area contributed by atoms with Crippen LogP contribution in [-0.2, 0) is 12.8 Å². The molecule has 1 aliphatic carbocycles. The zero-order valence-corrected chi connectivity index (χ0v) is 15.1. The lowest BCUT2D eigenvalue weighted by Crippen LogP contribution is -2.57. The average Bonchev–Trinajstić information content (AvgIpc) is 2.85. The topological polar surface area (TPSA) is 77.2 Å². The molecular formula is C18H25F3N4O2. The summed E-state index contributed by atoms with van der Waals surface area (Å²) in [4.78, 5) is 28.7. The van der Waals surface area contributed by atoms with Gasteiger partial charge in [0, 0.05) is 38.4 Å². The average molecular weight is 386 g/mol. The van der Waals surface area contributed by atoms with Crippen molar-refractivity contribution in [3.05, 3.63) is 33.2 Å². The Morgan fingerprint density at radius 1 is 1.19 bits per heavy atom. The third-order valence-corrected chi connectivity index (χ3v) is 5.26. The summed E-state index contributed by atoms with van der Waals surface area (Å²) in [5.74, 6) is -0.757. The molecule has 1 atom stereocenters. The molecule has 1 fully saturated rings. The fraction of sp³-hybridized carbons (Fsp3) is 0.667. The maximum Gasteiger partial charge on any atom is 0.405 e. The van der Waals surface area contributed by atoms with E-state index in [0.717, 1.165) is 43.4 Å². The van der Waals surface area contributed by atoms with Crippen molar-refractivity contribution in [2.24, 2.45) is 0 Å². The number of nitrogens with zero attached hydrogens (tertiary/aromatic N) is 1. The lowest BCUT2D eigenvalue weighted by molar-refractivity contribution is -0.183. The number of hydrogen-bond acceptors (Lipinski definition) is 4. The number of nitrogens with one attached hydrogen (secondary N) is 3. The highest BCUT2D eigenvalue weighted by molar-refractivity contribution is 5.94. The molecule has 0 aromatic carbocycles. The van der Waals surface area contributed by atoms with Gasteiger partial charge in [0.15, 0.2) is 0 Å². The number of amides is 1. The molecule has 1 aliphatic heterocycles. The Morgan fingerprint density at radius 3 is 2.59 bits per heavy atom. The van der Waals surface area contributed by atoms with E-state index in [4.69, 9.17) is 0 Å². The molecule has 1 aromatic heterocycles. The predicted molar refractivity (Wildman–Crippen MR) is 94.9 cm³/mol. The van der Waals surface area contributed by atoms with Gasteiger partial charge in [-0.15, -0.1) is 0 Å². The summed E-state index contributed by atoms with van der Waals surface area (Å²) in [6, 6.07) is -0.217. The highest BCUT2D eigenvalue weighted by Gasteiger charge is 2.43. The second-order valence-corrected chi connectivity index (χ2v) is 7.13. The van der Waals surface area contributed by atoms with Gasteiger partial charge in [0.25, 0.3) is 11.5 Å². The Bertz CT molecular complexity index is 726. The minimum Gasteiger partial charge on any atom is -0.350 e. The molecule has 2 aliphatic rings. The number of fused-ring (bicyclic) bond motifs is 1. The molecule has 0 bridgehead atoms. The van der Waals surface area contributed by atoms with Crippen molar-refractivity contribution in [1.82, 2.24) is 20.5 Å². The summed E-state index contributed by atoms with van der Waals surface area (Å²) in [6.45, 7) is 0.911. The molecule has 1 saturated heterocycles. The number of aromatic nitrogens is 1. The number of H-pyrrole nitrogens is 1. The summed E-state index contributed by atoms with van der Waals surface area (Å²) >= 11 is 0. The smallest absolute Gasteiger partial charge is 0.350 e. The van der Waals surface area contributed by atoms with Gasteiger partial charge in [-0.25, -0.2) is 0 Å². The highest BCUT2D eigenvalue weighted by Crippen LogP contribution is 2.25. The predicted octanol–water partition coefficient (Wildman–Crippen LogP) is 1.21. The zero-order valence-electron chi connectivity index (χ0n) is 15.1. The lowest BCUT2D eigenvalue weighted by atomic mass is 10.1. The normalized spacial score (nSPS) is 19.8. The van der Waals surface area contributed by atoms with E-state index in [-0.39, 0.29) is 18.7 Å². The fourth-order valence-corrected chi connectivity index (χ4v) is 3.75. The standard InChI is InChI=1S/C18H25F3N4O2/c19-18(20,21)15(25-8-6-22-7-9-25)11-23-16(26)13-10-12-4-2-1-3-5-14(12)24-17(13)27/h10,15,22H,1-9,11H2,(H,23,26)(H,24,27). The summed E-state index contributed by atoms with van der Waals surface area (Å²) in [6.07, 6.45) is 0.0661. The Kier molecular flexibility index (Phi) is 6.21. The number of alkyl halides is 3. The van der Waals surface area contributed by atoms with Crippen LogP contribution in [0, 0.1) is 0 Å². The van der Waals surface area contributed by atoms with Gasteiger partial charge in [0.1, 0.15) is 11.6 Å². The molecule has 0 spiro atoms. The van der Waals surface area contributed by atoms with E-state index < -0.39 is 30.2 Å². The summed E-state index contributed by atoms with van der Waals surface area (Å²) < 4.78 is 40.3. The molecule has 3 rings (SSSR count). The molecule has 1 unspecified atom stereocenters. The number of aromatic amines is 1. The van der Waals surface area contributed by atoms with Crippen LogP contribution in [-0.4, -0.2) is 60.7 Å². The number of hydrogen-bond donors (Lipinski definition) is 3. The molecule has 27 heavy (non-hydrogen) atoms. The molecule has 9 heteroatoms. The van der Waals surface area contributed by atoms with Crippen molar-refractivity contribution in [2.75, 3.05) is 32.7 Å². The summed E-state index contributed by atoms with van der Waals surface area (Å²) in [5.41, 5.74) is 1.09. The van der Waals surface area contributed by atoms with E-state index in [1.807, 2.05) is 0 Å². The van der Waals surface area contributed by atoms with Crippen molar-refractivity contribution in [3.63, 3.8) is 0 Å². The van der Waals surface area contributed by atoms with Crippen LogP contribution in [0.25, 0.3) is 0 Å². The number of rotatable bonds is 4. The van der Waals surface area contributed by atoms with E-state index in [2.05, 4.69) is 15.6 Å². The quantitative estimate of drug-likeness (QED) is 0.680. The van der Waals surface area contributed by atoms with Crippen molar-refractivity contribution in [1.29, 1.82) is 0 Å². The van der Waals surface area contributed by atoms with Crippen molar-refractivity contribution >= 4 is 5.91 Å². The molecule has 0 radical (unpaired) electrons. The van der Waals surface area contributed by atoms with Gasteiger partial charge >= 0.3 is 6.18 Å². The Morgan fingerprint density at radius 2 is 1.89 bits per heavy atom. The molecule has 6 nitrogen and oxygen atoms in total. The summed E-state index contributed by atoms with van der Waals surface area (Å²) in [5, 5.41) is 5.34. The zero-order chi connectivity index (χ0) is 19.4. The number of carbonyl (C=O) groups is 1. The second kappa shape index (κ2) is 8.43. The maximum atomic E-state index is 13.4. The van der Waals surface area contributed by atoms with Crippen LogP contribution in [0.3, 0.4) is 0 Å². The Labute approximate surface area is 155 Å². The Hall–Kier alpha value is -1.87. The van der Waals surface area contributed by atoms with Crippen LogP contribution >= 0.6 is 0 Å². The van der Waals surface area contributed by atoms with Crippen molar-refractivity contribution < 1.29 is 18.0 Å². The molecule has 150 valence electrons. The fourth-order valence-electron chi connectivity index (χ4n) is 3.75. The number of halogens is 3. The van der Waals surface area contributed by atoms with E-state index in [9.17, 15) is 22.8 Å². The van der Waals surface area contributed by atoms with E-state index in [1.54, 1.807) is 6.07 Å². The number of carbonyl (C=O) groups excluding carboxylic acids is 1. The second-order valence-electron chi connectivity index (χ2n) is 7.13. The van der Waals surface area contributed by atoms with Crippen LogP contribution in [0.4, 0.5) is 13.2 Å². The van der Waals surface area contributed by atoms with Gasteiger partial charge < -0.3 is 15.6 Å². The van der Waals surface area contributed by atoms with Gasteiger partial charge in [0.2, 0.25) is 0 Å². The first-order chi connectivity index (χ1) is 12.9. The van der Waals surface area contributed by atoms with Crippen LogP contribution in [0.5, 0.6) is 0 Å². The lowest BCUT2D eigenvalue weighted by Gasteiger charge is -2.35. The molecular weight excluding hydrogens is 361 g/mol. The largest absolute Gasteiger partial charge is 0.405 e. The third kappa shape index (κ3) is 4.90. The van der Waals surface area contributed by atoms with E-state index in [0.29, 0.717) is 13.1 Å². The third-order valence-electron chi connectivity index (χ3n) is 5.26. The molecule has 1 amide bonds. The summed E-state index contributed by atoms with van der Waals surface area (Å²) in [7, 11) is 0. The number of aryl methyl sites for hydroxylation is 2. The van der Waals surface area contributed by atoms with Crippen LogP contribution in [0.15, 0.2) is 10.9 Å². The SMILES string of the molecule is O=C(NCC(N1CCNCC1)C(F)(F)F)c1cc2c([nH]c1=O)CCCCC2. The number of pyridine rings is 1. The van der Waals surface area contributed by atoms with Crippen LogP contribution < -0.4 is 16.2 Å². The Balaban J connectivity index is 1.72. The van der Waals surface area contributed by atoms with Gasteiger partial charge in [0.05, 0.1) is 0 Å². The minimum atomic E-state index is -4.45. The van der Waals surface area contributed by atoms with Gasteiger partial charge in [-0.05, 0) is 37.3 Å². The molecule has 0 saturated carbocycles. The molecule has 2 heterocycles. The highest BCUT2D eigenvalue weighted by atomic mass is 19.4.